The van der Waals surface area contributed by atoms with Crippen molar-refractivity contribution in [3.05, 3.63) is 54.0 Å². The summed E-state index contributed by atoms with van der Waals surface area (Å²) in [5.41, 5.74) is 1.84. The second-order valence-corrected chi connectivity index (χ2v) is 8.49. The molecule has 2 heterocycles. The van der Waals surface area contributed by atoms with Crippen molar-refractivity contribution in [1.82, 2.24) is 10.6 Å². The number of anilines is 1. The lowest BCUT2D eigenvalue weighted by Gasteiger charge is -2.24. The van der Waals surface area contributed by atoms with Gasteiger partial charge in [0, 0.05) is 30.6 Å². The monoisotopic (exact) mass is 386 g/mol. The van der Waals surface area contributed by atoms with Crippen LogP contribution in [-0.2, 0) is 6.54 Å². The summed E-state index contributed by atoms with van der Waals surface area (Å²) in [5.74, 6) is 2.09. The molecule has 7 heteroatoms. The van der Waals surface area contributed by atoms with Crippen molar-refractivity contribution in [3.63, 3.8) is 0 Å². The molecule has 3 N–H and O–H groups in total. The number of thioether (sulfide) groups is 1. The second kappa shape index (κ2) is 8.99. The maximum absolute atomic E-state index is 12.0. The Morgan fingerprint density at radius 2 is 2.07 bits per heavy atom. The molecule has 0 bridgehead atoms. The van der Waals surface area contributed by atoms with Gasteiger partial charge < -0.3 is 20.4 Å². The van der Waals surface area contributed by atoms with Crippen LogP contribution in [0.4, 0.5) is 5.69 Å². The van der Waals surface area contributed by atoms with Crippen LogP contribution in [-0.4, -0.2) is 36.0 Å². The number of rotatable bonds is 6. The molecule has 0 radical (unpaired) electrons. The molecule has 2 aromatic rings. The zero-order valence-corrected chi connectivity index (χ0v) is 16.6. The third kappa shape index (κ3) is 5.53. The minimum Gasteiger partial charge on any atom is -0.459 e. The SMILES string of the molecule is CN=C(NCc1ccc(NC(=O)c2ccco2)cc1)NCC1(C)CCCS1. The van der Waals surface area contributed by atoms with E-state index in [1.807, 2.05) is 36.0 Å². The van der Waals surface area contributed by atoms with Crippen LogP contribution in [0, 0.1) is 0 Å². The predicted octanol–water partition coefficient (Wildman–Crippen LogP) is 3.48. The van der Waals surface area contributed by atoms with E-state index in [2.05, 4.69) is 27.9 Å². The van der Waals surface area contributed by atoms with E-state index in [0.717, 1.165) is 23.8 Å². The molecule has 6 nitrogen and oxygen atoms in total. The molecule has 27 heavy (non-hydrogen) atoms. The topological polar surface area (TPSA) is 78.7 Å². The average Bonchev–Trinajstić information content (AvgIpc) is 3.35. The van der Waals surface area contributed by atoms with E-state index in [1.54, 1.807) is 19.2 Å². The molecule has 1 saturated heterocycles. The summed E-state index contributed by atoms with van der Waals surface area (Å²) in [6.07, 6.45) is 4.01. The number of amides is 1. The van der Waals surface area contributed by atoms with E-state index in [1.165, 1.54) is 24.9 Å². The minimum absolute atomic E-state index is 0.256. The zero-order chi connectivity index (χ0) is 19.1. The molecule has 1 amide bonds. The largest absolute Gasteiger partial charge is 0.459 e. The van der Waals surface area contributed by atoms with Gasteiger partial charge in [-0.05, 0) is 55.3 Å². The van der Waals surface area contributed by atoms with Crippen LogP contribution in [0.25, 0.3) is 0 Å². The standard InChI is InChI=1S/C20H26N4O2S/c1-20(10-4-12-27-20)14-23-19(21-2)22-13-15-6-8-16(9-7-15)24-18(25)17-5-3-11-26-17/h3,5-9,11H,4,10,12-14H2,1-2H3,(H,24,25)(H2,21,22,23). The Labute approximate surface area is 164 Å². The van der Waals surface area contributed by atoms with Crippen molar-refractivity contribution < 1.29 is 9.21 Å². The van der Waals surface area contributed by atoms with Crippen LogP contribution in [0.15, 0.2) is 52.1 Å². The molecule has 1 aromatic carbocycles. The molecule has 1 aliphatic rings. The molecule has 1 aromatic heterocycles. The number of furan rings is 1. The first-order valence-electron chi connectivity index (χ1n) is 9.10. The summed E-state index contributed by atoms with van der Waals surface area (Å²) in [5, 5.41) is 9.57. The van der Waals surface area contributed by atoms with E-state index < -0.39 is 0 Å². The average molecular weight is 387 g/mol. The summed E-state index contributed by atoms with van der Waals surface area (Å²) in [6.45, 7) is 3.88. The van der Waals surface area contributed by atoms with Gasteiger partial charge in [0.05, 0.1) is 6.26 Å². The lowest BCUT2D eigenvalue weighted by atomic mass is 10.1. The molecular weight excluding hydrogens is 360 g/mol. The number of aliphatic imine (C=N–C) groups is 1. The lowest BCUT2D eigenvalue weighted by molar-refractivity contribution is 0.0996. The van der Waals surface area contributed by atoms with Gasteiger partial charge in [-0.3, -0.25) is 9.79 Å². The molecule has 1 atom stereocenters. The number of benzene rings is 1. The first-order chi connectivity index (χ1) is 13.1. The van der Waals surface area contributed by atoms with Crippen LogP contribution in [0.1, 0.15) is 35.9 Å². The Morgan fingerprint density at radius 3 is 2.70 bits per heavy atom. The number of hydrogen-bond acceptors (Lipinski definition) is 4. The predicted molar refractivity (Wildman–Crippen MR) is 111 cm³/mol. The van der Waals surface area contributed by atoms with Gasteiger partial charge in [0.15, 0.2) is 11.7 Å². The third-order valence-electron chi connectivity index (χ3n) is 4.57. The highest BCUT2D eigenvalue weighted by atomic mass is 32.2. The fourth-order valence-electron chi connectivity index (χ4n) is 2.96. The van der Waals surface area contributed by atoms with Gasteiger partial charge in [0.2, 0.25) is 0 Å². The summed E-state index contributed by atoms with van der Waals surface area (Å²) in [4.78, 5) is 16.3. The van der Waals surface area contributed by atoms with Gasteiger partial charge in [0.1, 0.15) is 0 Å². The Balaban J connectivity index is 1.46. The number of nitrogens with one attached hydrogen (secondary N) is 3. The summed E-state index contributed by atoms with van der Waals surface area (Å²) >= 11 is 2.03. The number of carbonyl (C=O) groups is 1. The summed E-state index contributed by atoms with van der Waals surface area (Å²) in [6, 6.07) is 11.0. The molecule has 0 spiro atoms. The molecular formula is C20H26N4O2S. The molecule has 1 unspecified atom stereocenters. The quantitative estimate of drug-likeness (QED) is 0.523. The molecule has 1 fully saturated rings. The van der Waals surface area contributed by atoms with Crippen LogP contribution in [0.3, 0.4) is 0 Å². The van der Waals surface area contributed by atoms with Crippen molar-refractivity contribution in [2.75, 3.05) is 24.7 Å². The molecule has 0 aliphatic carbocycles. The zero-order valence-electron chi connectivity index (χ0n) is 15.7. The molecule has 3 rings (SSSR count). The van der Waals surface area contributed by atoms with Crippen molar-refractivity contribution in [3.8, 4) is 0 Å². The van der Waals surface area contributed by atoms with Crippen molar-refractivity contribution >= 4 is 29.3 Å². The summed E-state index contributed by atoms with van der Waals surface area (Å²) in [7, 11) is 1.78. The van der Waals surface area contributed by atoms with Gasteiger partial charge in [-0.25, -0.2) is 0 Å². The maximum atomic E-state index is 12.0. The van der Waals surface area contributed by atoms with Gasteiger partial charge in [-0.1, -0.05) is 12.1 Å². The molecule has 0 saturated carbocycles. The second-order valence-electron chi connectivity index (χ2n) is 6.81. The van der Waals surface area contributed by atoms with E-state index in [0.29, 0.717) is 17.1 Å². The molecule has 144 valence electrons. The highest BCUT2D eigenvalue weighted by Gasteiger charge is 2.29. The Hall–Kier alpha value is -2.41. The fourth-order valence-corrected chi connectivity index (χ4v) is 4.20. The smallest absolute Gasteiger partial charge is 0.291 e. The number of carbonyl (C=O) groups excluding carboxylic acids is 1. The number of hydrogen-bond donors (Lipinski definition) is 3. The number of guanidine groups is 1. The first-order valence-corrected chi connectivity index (χ1v) is 10.1. The molecule has 1 aliphatic heterocycles. The highest BCUT2D eigenvalue weighted by molar-refractivity contribution is 8.00. The van der Waals surface area contributed by atoms with Crippen LogP contribution >= 0.6 is 11.8 Å². The van der Waals surface area contributed by atoms with Crippen LogP contribution in [0.5, 0.6) is 0 Å². The fraction of sp³-hybridized carbons (Fsp3) is 0.400. The first kappa shape index (κ1) is 19.4. The Bertz CT molecular complexity index is 766. The van der Waals surface area contributed by atoms with Crippen LogP contribution < -0.4 is 16.0 Å². The summed E-state index contributed by atoms with van der Waals surface area (Å²) < 4.78 is 5.39. The van der Waals surface area contributed by atoms with E-state index in [9.17, 15) is 4.79 Å². The van der Waals surface area contributed by atoms with E-state index >= 15 is 0 Å². The number of nitrogens with zero attached hydrogens (tertiary/aromatic N) is 1. The van der Waals surface area contributed by atoms with Gasteiger partial charge in [-0.15, -0.1) is 0 Å². The van der Waals surface area contributed by atoms with E-state index in [-0.39, 0.29) is 5.91 Å². The highest BCUT2D eigenvalue weighted by Crippen LogP contribution is 2.36. The van der Waals surface area contributed by atoms with Crippen molar-refractivity contribution in [1.29, 1.82) is 0 Å². The van der Waals surface area contributed by atoms with Crippen LogP contribution in [0.2, 0.25) is 0 Å². The van der Waals surface area contributed by atoms with Gasteiger partial charge in [0.25, 0.3) is 5.91 Å². The van der Waals surface area contributed by atoms with Crippen molar-refractivity contribution in [2.45, 2.75) is 31.1 Å². The normalized spacial score (nSPS) is 19.7. The van der Waals surface area contributed by atoms with Gasteiger partial charge >= 0.3 is 0 Å². The minimum atomic E-state index is -0.256. The Morgan fingerprint density at radius 1 is 1.26 bits per heavy atom. The third-order valence-corrected chi connectivity index (χ3v) is 6.11. The Kier molecular flexibility index (Phi) is 6.45. The van der Waals surface area contributed by atoms with Gasteiger partial charge in [-0.2, -0.15) is 11.8 Å². The van der Waals surface area contributed by atoms with E-state index in [4.69, 9.17) is 4.42 Å². The van der Waals surface area contributed by atoms with Crippen molar-refractivity contribution in [2.24, 2.45) is 4.99 Å². The lowest BCUT2D eigenvalue weighted by Crippen LogP contribution is -2.43. The maximum Gasteiger partial charge on any atom is 0.291 e.